The van der Waals surface area contributed by atoms with Gasteiger partial charge in [-0.3, -0.25) is 0 Å². The Morgan fingerprint density at radius 1 is 1.44 bits per heavy atom. The molecule has 7 heteroatoms. The highest BCUT2D eigenvalue weighted by atomic mass is 32.1. The van der Waals surface area contributed by atoms with Crippen molar-refractivity contribution in [3.05, 3.63) is 15.3 Å². The largest absolute Gasteiger partial charge is 0.485 e. The number of aryl methyl sites for hydroxylation is 1. The zero-order chi connectivity index (χ0) is 12.7. The van der Waals surface area contributed by atoms with E-state index in [-0.39, 0.29) is 4.88 Å². The summed E-state index contributed by atoms with van der Waals surface area (Å²) in [4.78, 5) is 16.5. The van der Waals surface area contributed by atoms with Gasteiger partial charge in [-0.25, -0.2) is 9.78 Å². The summed E-state index contributed by atoms with van der Waals surface area (Å²) in [5, 5.41) is 11.7. The second kappa shape index (κ2) is 4.25. The molecule has 3 rings (SSSR count). The number of hydrogen-bond acceptors (Lipinski definition) is 6. The Kier molecular flexibility index (Phi) is 2.71. The maximum atomic E-state index is 11.2. The molecule has 5 nitrogen and oxygen atoms in total. The topological polar surface area (TPSA) is 68.7 Å². The summed E-state index contributed by atoms with van der Waals surface area (Å²) >= 11 is 2.57. The van der Waals surface area contributed by atoms with Crippen molar-refractivity contribution in [2.75, 3.05) is 13.2 Å². The Balaban J connectivity index is 2.15. The molecule has 18 heavy (non-hydrogen) atoms. The number of carbonyl (C=O) groups is 1. The zero-order valence-corrected chi connectivity index (χ0v) is 11.1. The molecule has 0 unspecified atom stereocenters. The molecular weight excluding hydrogens is 274 g/mol. The number of carboxylic acids is 1. The van der Waals surface area contributed by atoms with E-state index >= 15 is 0 Å². The summed E-state index contributed by atoms with van der Waals surface area (Å²) < 4.78 is 11.0. The second-order valence-corrected chi connectivity index (χ2v) is 5.75. The van der Waals surface area contributed by atoms with Crippen LogP contribution in [-0.2, 0) is 0 Å². The highest BCUT2D eigenvalue weighted by molar-refractivity contribution is 7.16. The number of carboxylic acid groups (broad SMARTS) is 1. The predicted octanol–water partition coefficient (Wildman–Crippen LogP) is 2.65. The van der Waals surface area contributed by atoms with Crippen LogP contribution in [0.3, 0.4) is 0 Å². The van der Waals surface area contributed by atoms with Gasteiger partial charge in [0.2, 0.25) is 0 Å². The summed E-state index contributed by atoms with van der Waals surface area (Å²) in [5.74, 6) is 0.316. The smallest absolute Gasteiger partial charge is 0.348 e. The lowest BCUT2D eigenvalue weighted by molar-refractivity contribution is 0.0702. The quantitative estimate of drug-likeness (QED) is 0.917. The molecule has 1 aliphatic heterocycles. The fraction of sp³-hybridized carbons (Fsp3) is 0.273. The molecule has 0 aliphatic carbocycles. The van der Waals surface area contributed by atoms with E-state index in [2.05, 4.69) is 4.98 Å². The molecule has 0 saturated carbocycles. The van der Waals surface area contributed by atoms with Gasteiger partial charge >= 0.3 is 5.97 Å². The van der Waals surface area contributed by atoms with Gasteiger partial charge in [0.15, 0.2) is 11.5 Å². The third-order valence-electron chi connectivity index (χ3n) is 2.44. The molecule has 0 fully saturated rings. The minimum absolute atomic E-state index is 0.242. The number of ether oxygens (including phenoxy) is 2. The van der Waals surface area contributed by atoms with Crippen molar-refractivity contribution in [2.45, 2.75) is 6.92 Å². The molecule has 3 heterocycles. The molecule has 2 aromatic heterocycles. The third kappa shape index (κ3) is 1.75. The number of nitrogens with zero attached hydrogens (tertiary/aromatic N) is 1. The molecular formula is C11H9NO4S2. The van der Waals surface area contributed by atoms with Crippen molar-refractivity contribution < 1.29 is 19.4 Å². The van der Waals surface area contributed by atoms with E-state index in [4.69, 9.17) is 9.47 Å². The zero-order valence-electron chi connectivity index (χ0n) is 9.43. The van der Waals surface area contributed by atoms with Crippen molar-refractivity contribution >= 4 is 28.6 Å². The van der Waals surface area contributed by atoms with Gasteiger partial charge in [0, 0.05) is 5.38 Å². The van der Waals surface area contributed by atoms with Gasteiger partial charge in [-0.1, -0.05) is 0 Å². The molecule has 0 radical (unpaired) electrons. The lowest BCUT2D eigenvalue weighted by Crippen LogP contribution is -2.14. The first kappa shape index (κ1) is 11.5. The number of aromatic carboxylic acids is 1. The standard InChI is InChI=1S/C11H9NO4S2/c1-5-12-7(10(18-5)11(13)14)9-8-6(4-17-9)15-2-3-16-8/h4H,2-3H2,1H3,(H,13,14). The van der Waals surface area contributed by atoms with Crippen LogP contribution in [-0.4, -0.2) is 29.3 Å². The second-order valence-electron chi connectivity index (χ2n) is 3.67. The van der Waals surface area contributed by atoms with Crippen LogP contribution >= 0.6 is 22.7 Å². The van der Waals surface area contributed by atoms with E-state index in [0.717, 1.165) is 9.88 Å². The van der Waals surface area contributed by atoms with Crippen LogP contribution in [0.1, 0.15) is 14.7 Å². The Morgan fingerprint density at radius 3 is 3.00 bits per heavy atom. The number of hydrogen-bond donors (Lipinski definition) is 1. The van der Waals surface area contributed by atoms with E-state index in [9.17, 15) is 9.90 Å². The highest BCUT2D eigenvalue weighted by Gasteiger charge is 2.26. The maximum Gasteiger partial charge on any atom is 0.348 e. The number of thiazole rings is 1. The number of thiophene rings is 1. The van der Waals surface area contributed by atoms with Gasteiger partial charge in [0.05, 0.1) is 5.01 Å². The fourth-order valence-electron chi connectivity index (χ4n) is 1.75. The normalized spacial score (nSPS) is 13.6. The van der Waals surface area contributed by atoms with Crippen LogP contribution in [0.4, 0.5) is 0 Å². The Hall–Kier alpha value is -1.60. The summed E-state index contributed by atoms with van der Waals surface area (Å²) in [5.41, 5.74) is 0.474. The SMILES string of the molecule is Cc1nc(-c2scc3c2OCCO3)c(C(=O)O)s1. The van der Waals surface area contributed by atoms with Gasteiger partial charge in [0.1, 0.15) is 28.7 Å². The molecule has 2 aromatic rings. The number of fused-ring (bicyclic) bond motifs is 1. The van der Waals surface area contributed by atoms with Crippen molar-refractivity contribution in [1.29, 1.82) is 0 Å². The Morgan fingerprint density at radius 2 is 2.22 bits per heavy atom. The first-order chi connectivity index (χ1) is 8.66. The van der Waals surface area contributed by atoms with Crippen LogP contribution in [0.5, 0.6) is 11.5 Å². The van der Waals surface area contributed by atoms with Gasteiger partial charge in [-0.2, -0.15) is 0 Å². The molecule has 1 aliphatic rings. The van der Waals surface area contributed by atoms with Crippen molar-refractivity contribution in [3.63, 3.8) is 0 Å². The molecule has 0 spiro atoms. The Labute approximate surface area is 111 Å². The number of rotatable bonds is 2. The Bertz CT molecular complexity index is 617. The minimum atomic E-state index is -0.963. The average molecular weight is 283 g/mol. The van der Waals surface area contributed by atoms with Crippen molar-refractivity contribution in [3.8, 4) is 22.1 Å². The number of aromatic nitrogens is 1. The lowest BCUT2D eigenvalue weighted by Gasteiger charge is -2.15. The first-order valence-corrected chi connectivity index (χ1v) is 6.94. The van der Waals surface area contributed by atoms with E-state index in [1.165, 1.54) is 22.7 Å². The summed E-state index contributed by atoms with van der Waals surface area (Å²) in [6, 6.07) is 0. The average Bonchev–Trinajstić information content (AvgIpc) is 2.92. The maximum absolute atomic E-state index is 11.2. The van der Waals surface area contributed by atoms with E-state index < -0.39 is 5.97 Å². The van der Waals surface area contributed by atoms with E-state index in [0.29, 0.717) is 30.4 Å². The predicted molar refractivity (Wildman–Crippen MR) is 68.1 cm³/mol. The van der Waals surface area contributed by atoms with Gasteiger partial charge in [-0.15, -0.1) is 22.7 Å². The van der Waals surface area contributed by atoms with E-state index in [1.807, 2.05) is 5.38 Å². The van der Waals surface area contributed by atoms with Gasteiger partial charge in [0.25, 0.3) is 0 Å². The first-order valence-electron chi connectivity index (χ1n) is 5.25. The fourth-order valence-corrected chi connectivity index (χ4v) is 3.51. The van der Waals surface area contributed by atoms with Crippen LogP contribution in [0, 0.1) is 6.92 Å². The molecule has 0 atom stereocenters. The molecule has 1 N–H and O–H groups in total. The summed E-state index contributed by atoms with van der Waals surface area (Å²) in [6.45, 7) is 2.78. The van der Waals surface area contributed by atoms with Crippen molar-refractivity contribution in [2.24, 2.45) is 0 Å². The molecule has 0 saturated heterocycles. The van der Waals surface area contributed by atoms with Crippen LogP contribution < -0.4 is 9.47 Å². The molecule has 0 amide bonds. The minimum Gasteiger partial charge on any atom is -0.485 e. The van der Waals surface area contributed by atoms with Crippen LogP contribution in [0.15, 0.2) is 5.38 Å². The van der Waals surface area contributed by atoms with Gasteiger partial charge in [-0.05, 0) is 6.92 Å². The lowest BCUT2D eigenvalue weighted by atomic mass is 10.2. The van der Waals surface area contributed by atoms with Crippen molar-refractivity contribution in [1.82, 2.24) is 4.98 Å². The van der Waals surface area contributed by atoms with Crippen LogP contribution in [0.25, 0.3) is 10.6 Å². The highest BCUT2D eigenvalue weighted by Crippen LogP contribution is 2.46. The molecule has 0 aromatic carbocycles. The molecule has 94 valence electrons. The summed E-state index contributed by atoms with van der Waals surface area (Å²) in [6.07, 6.45) is 0. The van der Waals surface area contributed by atoms with Gasteiger partial charge < -0.3 is 14.6 Å². The monoisotopic (exact) mass is 283 g/mol. The molecule has 0 bridgehead atoms. The van der Waals surface area contributed by atoms with E-state index in [1.54, 1.807) is 6.92 Å². The summed E-state index contributed by atoms with van der Waals surface area (Å²) in [7, 11) is 0. The van der Waals surface area contributed by atoms with Crippen LogP contribution in [0.2, 0.25) is 0 Å². The third-order valence-corrected chi connectivity index (χ3v) is 4.35.